The van der Waals surface area contributed by atoms with Crippen LogP contribution in [0.1, 0.15) is 87.0 Å². The molecule has 0 aromatic rings. The van der Waals surface area contributed by atoms with E-state index in [2.05, 4.69) is 58.7 Å². The van der Waals surface area contributed by atoms with Gasteiger partial charge in [0.1, 0.15) is 0 Å². The Morgan fingerprint density at radius 2 is 1.23 bits per heavy atom. The molecule has 0 atom stereocenters. The fourth-order valence-corrected chi connectivity index (χ4v) is 8.73. The maximum absolute atomic E-state index is 12.1. The van der Waals surface area contributed by atoms with Gasteiger partial charge in [0, 0.05) is 0 Å². The number of carbonyl (C=O) groups excluding carboxylic acids is 2. The molecular weight excluding hydrogens is 348 g/mol. The summed E-state index contributed by atoms with van der Waals surface area (Å²) >= 11 is 0. The van der Waals surface area contributed by atoms with Crippen LogP contribution in [0.5, 0.6) is 0 Å². The molecule has 0 rings (SSSR count). The first-order valence-corrected chi connectivity index (χ1v) is 12.1. The van der Waals surface area contributed by atoms with Gasteiger partial charge in [-0.2, -0.15) is 0 Å². The van der Waals surface area contributed by atoms with Crippen LogP contribution < -0.4 is 0 Å². The van der Waals surface area contributed by atoms with E-state index in [1.807, 2.05) is 0 Å². The zero-order valence-electron chi connectivity index (χ0n) is 17.7. The molecule has 6 nitrogen and oxygen atoms in total. The Bertz CT molecular complexity index is 429. The van der Waals surface area contributed by atoms with E-state index in [4.69, 9.17) is 9.16 Å². The van der Waals surface area contributed by atoms with Gasteiger partial charge in [0.15, 0.2) is 0 Å². The quantitative estimate of drug-likeness (QED) is 0.213. The van der Waals surface area contributed by atoms with Crippen LogP contribution >= 0.6 is 0 Å². The van der Waals surface area contributed by atoms with Crippen LogP contribution in [-0.2, 0) is 9.16 Å². The van der Waals surface area contributed by atoms with Gasteiger partial charge in [0.2, 0.25) is 0 Å². The van der Waals surface area contributed by atoms with Crippen LogP contribution in [0.15, 0.2) is 10.2 Å². The molecular formula is C19H38N2O4Si. The van der Waals surface area contributed by atoms with Crippen molar-refractivity contribution in [2.75, 3.05) is 6.61 Å². The molecule has 2 amide bonds. The van der Waals surface area contributed by atoms with Crippen LogP contribution in [0.2, 0.25) is 16.6 Å². The number of carbonyl (C=O) groups is 2. The predicted molar refractivity (Wildman–Crippen MR) is 107 cm³/mol. The zero-order chi connectivity index (χ0) is 20.2. The molecule has 0 saturated carbocycles. The summed E-state index contributed by atoms with van der Waals surface area (Å²) in [5.41, 5.74) is 0.754. The molecule has 0 aliphatic rings. The molecule has 0 radical (unpaired) electrons. The fraction of sp³-hybridized carbons (Fsp3) is 0.895. The Hall–Kier alpha value is -1.24. The molecule has 0 spiro atoms. The van der Waals surface area contributed by atoms with Crippen molar-refractivity contribution in [1.29, 1.82) is 0 Å². The molecule has 0 aliphatic heterocycles. The monoisotopic (exact) mass is 386 g/mol. The van der Waals surface area contributed by atoms with Crippen LogP contribution in [0.4, 0.5) is 9.59 Å². The second-order valence-electron chi connectivity index (χ2n) is 7.77. The maximum atomic E-state index is 12.1. The first-order valence-electron chi connectivity index (χ1n) is 9.99. The number of hydrogen-bond acceptors (Lipinski definition) is 4. The summed E-state index contributed by atoms with van der Waals surface area (Å²) in [4.78, 5) is 23.7. The van der Waals surface area contributed by atoms with E-state index in [9.17, 15) is 9.59 Å². The van der Waals surface area contributed by atoms with E-state index in [1.54, 1.807) is 0 Å². The minimum absolute atomic E-state index is 0.251. The summed E-state index contributed by atoms with van der Waals surface area (Å²) in [6.45, 7) is 14.9. The van der Waals surface area contributed by atoms with E-state index in [-0.39, 0.29) is 16.6 Å². The van der Waals surface area contributed by atoms with Crippen LogP contribution in [0.25, 0.3) is 0 Å². The van der Waals surface area contributed by atoms with E-state index in [0.29, 0.717) is 6.61 Å². The second kappa shape index (κ2) is 13.0. The third-order valence-electron chi connectivity index (χ3n) is 4.91. The highest BCUT2D eigenvalue weighted by Crippen LogP contribution is 2.42. The molecule has 7 heteroatoms. The molecule has 0 heterocycles. The van der Waals surface area contributed by atoms with E-state index >= 15 is 0 Å². The van der Waals surface area contributed by atoms with Crippen LogP contribution in [0.3, 0.4) is 0 Å². The minimum Gasteiger partial charge on any atom is -0.500 e. The summed E-state index contributed by atoms with van der Waals surface area (Å²) in [5.74, 6) is 0. The highest BCUT2D eigenvalue weighted by molar-refractivity contribution is 6.78. The lowest BCUT2D eigenvalue weighted by Crippen LogP contribution is -2.48. The Kier molecular flexibility index (Phi) is 12.4. The number of nitrogens with zero attached hydrogens (tertiary/aromatic N) is 2. The number of rotatable bonds is 11. The molecule has 26 heavy (non-hydrogen) atoms. The second-order valence-corrected chi connectivity index (χ2v) is 13.1. The topological polar surface area (TPSA) is 77.3 Å². The maximum Gasteiger partial charge on any atom is 0.452 e. The summed E-state index contributed by atoms with van der Waals surface area (Å²) in [5, 5.41) is 6.76. The Labute approximate surface area is 160 Å². The molecule has 0 aromatic heterocycles. The Morgan fingerprint density at radius 3 is 1.73 bits per heavy atom. The number of azo groups is 1. The molecule has 0 bridgehead atoms. The van der Waals surface area contributed by atoms with E-state index in [0.717, 1.165) is 19.3 Å². The molecule has 0 aromatic carbocycles. The molecule has 0 saturated heterocycles. The molecule has 152 valence electrons. The number of unbranched alkanes of at least 4 members (excludes halogenated alkanes) is 5. The predicted octanol–water partition coefficient (Wildman–Crippen LogP) is 7.25. The lowest BCUT2D eigenvalue weighted by atomic mass is 10.1. The minimum atomic E-state index is -2.37. The van der Waals surface area contributed by atoms with Crippen molar-refractivity contribution in [2.24, 2.45) is 10.2 Å². The van der Waals surface area contributed by atoms with Gasteiger partial charge in [-0.05, 0) is 23.0 Å². The van der Waals surface area contributed by atoms with Gasteiger partial charge in [0.05, 0.1) is 6.61 Å². The van der Waals surface area contributed by atoms with Crippen molar-refractivity contribution in [1.82, 2.24) is 0 Å². The average molecular weight is 387 g/mol. The standard InChI is InChI=1S/C19H38N2O4Si/c1-8-9-10-11-12-13-14-24-18(22)20-21-19(23)25-26(15(2)3,16(4)5)17(6)7/h15-17H,8-14H2,1-7H3/b21-20+. The molecule has 0 unspecified atom stereocenters. The first kappa shape index (κ1) is 24.8. The van der Waals surface area contributed by atoms with Crippen molar-refractivity contribution in [3.63, 3.8) is 0 Å². The van der Waals surface area contributed by atoms with Crippen molar-refractivity contribution < 1.29 is 18.8 Å². The smallest absolute Gasteiger partial charge is 0.452 e. The average Bonchev–Trinajstić information content (AvgIpc) is 2.56. The van der Waals surface area contributed by atoms with Gasteiger partial charge >= 0.3 is 12.2 Å². The van der Waals surface area contributed by atoms with Gasteiger partial charge in [-0.25, -0.2) is 9.59 Å². The van der Waals surface area contributed by atoms with Crippen molar-refractivity contribution in [3.8, 4) is 0 Å². The van der Waals surface area contributed by atoms with Crippen molar-refractivity contribution in [3.05, 3.63) is 0 Å². The van der Waals surface area contributed by atoms with Gasteiger partial charge in [-0.3, -0.25) is 0 Å². The lowest BCUT2D eigenvalue weighted by Gasteiger charge is -2.40. The third kappa shape index (κ3) is 8.43. The highest BCUT2D eigenvalue weighted by Gasteiger charge is 2.48. The number of ether oxygens (including phenoxy) is 1. The van der Waals surface area contributed by atoms with E-state index in [1.165, 1.54) is 19.3 Å². The van der Waals surface area contributed by atoms with Crippen molar-refractivity contribution >= 4 is 20.5 Å². The first-order chi connectivity index (χ1) is 12.2. The summed E-state index contributed by atoms with van der Waals surface area (Å²) in [7, 11) is -2.37. The van der Waals surface area contributed by atoms with Crippen LogP contribution in [-0.4, -0.2) is 27.1 Å². The van der Waals surface area contributed by atoms with Gasteiger partial charge < -0.3 is 9.16 Å². The Balaban J connectivity index is 4.41. The number of amides is 2. The third-order valence-corrected chi connectivity index (χ3v) is 10.9. The molecule has 0 aliphatic carbocycles. The number of hydrogen-bond donors (Lipinski definition) is 0. The fourth-order valence-electron chi connectivity index (χ4n) is 3.68. The SMILES string of the molecule is CCCCCCCCOC(=O)/N=N/C(=O)O[Si](C(C)C)(C(C)C)C(C)C. The summed E-state index contributed by atoms with van der Waals surface area (Å²) in [6.07, 6.45) is 5.02. The van der Waals surface area contributed by atoms with Gasteiger partial charge in [0.25, 0.3) is 8.32 Å². The van der Waals surface area contributed by atoms with Crippen LogP contribution in [0, 0.1) is 0 Å². The zero-order valence-corrected chi connectivity index (χ0v) is 18.7. The largest absolute Gasteiger partial charge is 0.500 e. The Morgan fingerprint density at radius 1 is 0.769 bits per heavy atom. The summed E-state index contributed by atoms with van der Waals surface area (Å²) in [6, 6.07) is 0. The summed E-state index contributed by atoms with van der Waals surface area (Å²) < 4.78 is 10.8. The highest BCUT2D eigenvalue weighted by atomic mass is 28.4. The van der Waals surface area contributed by atoms with Gasteiger partial charge in [-0.1, -0.05) is 90.8 Å². The normalized spacial score (nSPS) is 12.4. The molecule has 0 fully saturated rings. The van der Waals surface area contributed by atoms with Crippen molar-refractivity contribution in [2.45, 2.75) is 104 Å². The lowest BCUT2D eigenvalue weighted by molar-refractivity contribution is 0.151. The van der Waals surface area contributed by atoms with E-state index < -0.39 is 20.5 Å². The molecule has 0 N–H and O–H groups in total. The van der Waals surface area contributed by atoms with Gasteiger partial charge in [-0.15, -0.1) is 0 Å².